The second kappa shape index (κ2) is 14.4. The van der Waals surface area contributed by atoms with Gasteiger partial charge in [-0.15, -0.1) is 0 Å². The van der Waals surface area contributed by atoms with E-state index in [-0.39, 0.29) is 42.4 Å². The Morgan fingerprint density at radius 2 is 1.68 bits per heavy atom. The normalized spacial score (nSPS) is 14.6. The van der Waals surface area contributed by atoms with E-state index in [4.69, 9.17) is 4.74 Å². The minimum absolute atomic E-state index is 0.0716. The molecule has 0 bridgehead atoms. The SMILES string of the molecule is CCCCC(=O)N1CCC(N(Cc2ccc(C)cc2)C(=O)CN(CCOC)S(=O)(=O)c2ccccc2)CC1. The molecule has 1 saturated heterocycles. The molecule has 0 aliphatic carbocycles. The molecule has 2 aromatic rings. The summed E-state index contributed by atoms with van der Waals surface area (Å²) in [7, 11) is -2.38. The van der Waals surface area contributed by atoms with Crippen LogP contribution in [0.2, 0.25) is 0 Å². The number of hydrogen-bond acceptors (Lipinski definition) is 5. The maximum Gasteiger partial charge on any atom is 0.243 e. The van der Waals surface area contributed by atoms with Crippen molar-refractivity contribution in [1.82, 2.24) is 14.1 Å². The van der Waals surface area contributed by atoms with E-state index in [2.05, 4.69) is 6.92 Å². The third-order valence-electron chi connectivity index (χ3n) is 7.03. The van der Waals surface area contributed by atoms with Gasteiger partial charge in [0.15, 0.2) is 0 Å². The summed E-state index contributed by atoms with van der Waals surface area (Å²) in [4.78, 5) is 30.2. The molecule has 2 aromatic carbocycles. The Morgan fingerprint density at radius 1 is 1.03 bits per heavy atom. The van der Waals surface area contributed by atoms with Gasteiger partial charge in [0, 0.05) is 45.8 Å². The van der Waals surface area contributed by atoms with E-state index in [0.717, 1.165) is 24.0 Å². The first-order chi connectivity index (χ1) is 18.3. The summed E-state index contributed by atoms with van der Waals surface area (Å²) in [5.74, 6) is -0.0849. The highest BCUT2D eigenvalue weighted by Crippen LogP contribution is 2.22. The summed E-state index contributed by atoms with van der Waals surface area (Å²) in [6.07, 6.45) is 3.74. The zero-order valence-electron chi connectivity index (χ0n) is 22.8. The summed E-state index contributed by atoms with van der Waals surface area (Å²) in [5.41, 5.74) is 2.12. The molecule has 0 N–H and O–H groups in total. The van der Waals surface area contributed by atoms with Gasteiger partial charge in [0.25, 0.3) is 0 Å². The number of carbonyl (C=O) groups excluding carboxylic acids is 2. The average molecular weight is 544 g/mol. The molecule has 0 saturated carbocycles. The molecule has 8 nitrogen and oxygen atoms in total. The highest BCUT2D eigenvalue weighted by molar-refractivity contribution is 7.89. The van der Waals surface area contributed by atoms with Gasteiger partial charge in [-0.1, -0.05) is 61.4 Å². The lowest BCUT2D eigenvalue weighted by atomic mass is 10.0. The number of amides is 2. The van der Waals surface area contributed by atoms with Crippen LogP contribution in [0, 0.1) is 6.92 Å². The third-order valence-corrected chi connectivity index (χ3v) is 8.89. The fourth-order valence-corrected chi connectivity index (χ4v) is 6.08. The van der Waals surface area contributed by atoms with E-state index in [9.17, 15) is 18.0 Å². The number of benzene rings is 2. The van der Waals surface area contributed by atoms with Crippen molar-refractivity contribution >= 4 is 21.8 Å². The van der Waals surface area contributed by atoms with Gasteiger partial charge in [0.05, 0.1) is 18.0 Å². The molecular weight excluding hydrogens is 502 g/mol. The van der Waals surface area contributed by atoms with Crippen molar-refractivity contribution < 1.29 is 22.7 Å². The van der Waals surface area contributed by atoms with E-state index in [1.807, 2.05) is 36.1 Å². The van der Waals surface area contributed by atoms with Crippen LogP contribution in [0.1, 0.15) is 50.2 Å². The summed E-state index contributed by atoms with van der Waals surface area (Å²) in [5, 5.41) is 0. The lowest BCUT2D eigenvalue weighted by Gasteiger charge is -2.39. The molecular formula is C29H41N3O5S. The maximum atomic E-state index is 13.8. The number of carbonyl (C=O) groups is 2. The fourth-order valence-electron chi connectivity index (χ4n) is 4.68. The molecule has 0 aromatic heterocycles. The third kappa shape index (κ3) is 8.12. The van der Waals surface area contributed by atoms with Gasteiger partial charge in [-0.25, -0.2) is 8.42 Å². The van der Waals surface area contributed by atoms with Gasteiger partial charge in [-0.2, -0.15) is 4.31 Å². The van der Waals surface area contributed by atoms with E-state index >= 15 is 0 Å². The smallest absolute Gasteiger partial charge is 0.243 e. The molecule has 2 amide bonds. The van der Waals surface area contributed by atoms with Crippen LogP contribution in [0.4, 0.5) is 0 Å². The highest BCUT2D eigenvalue weighted by Gasteiger charge is 2.33. The van der Waals surface area contributed by atoms with Crippen LogP contribution in [0.15, 0.2) is 59.5 Å². The van der Waals surface area contributed by atoms with Crippen LogP contribution in [0.25, 0.3) is 0 Å². The van der Waals surface area contributed by atoms with Gasteiger partial charge in [-0.05, 0) is 43.9 Å². The first-order valence-corrected chi connectivity index (χ1v) is 14.9. The minimum atomic E-state index is -3.89. The molecule has 1 aliphatic rings. The van der Waals surface area contributed by atoms with Crippen molar-refractivity contribution in [2.75, 3.05) is 39.9 Å². The van der Waals surface area contributed by atoms with Gasteiger partial charge < -0.3 is 14.5 Å². The molecule has 1 aliphatic heterocycles. The number of methoxy groups -OCH3 is 1. The Morgan fingerprint density at radius 3 is 2.29 bits per heavy atom. The van der Waals surface area contributed by atoms with E-state index in [1.165, 1.54) is 23.5 Å². The van der Waals surface area contributed by atoms with Crippen LogP contribution in [0.5, 0.6) is 0 Å². The Hall–Kier alpha value is -2.75. The number of ether oxygens (including phenoxy) is 1. The molecule has 9 heteroatoms. The zero-order chi connectivity index (χ0) is 27.5. The number of rotatable bonds is 13. The minimum Gasteiger partial charge on any atom is -0.383 e. The summed E-state index contributed by atoms with van der Waals surface area (Å²) in [6, 6.07) is 16.1. The molecule has 0 radical (unpaired) electrons. The molecule has 1 fully saturated rings. The van der Waals surface area contributed by atoms with Gasteiger partial charge in [-0.3, -0.25) is 9.59 Å². The molecule has 38 heavy (non-hydrogen) atoms. The number of aryl methyl sites for hydroxylation is 1. The lowest BCUT2D eigenvalue weighted by Crippen LogP contribution is -2.51. The molecule has 208 valence electrons. The Kier molecular flexibility index (Phi) is 11.3. The van der Waals surface area contributed by atoms with Crippen molar-refractivity contribution in [2.24, 2.45) is 0 Å². The molecule has 3 rings (SSSR count). The van der Waals surface area contributed by atoms with Crippen molar-refractivity contribution in [3.05, 3.63) is 65.7 Å². The van der Waals surface area contributed by atoms with Crippen LogP contribution in [-0.4, -0.2) is 80.3 Å². The lowest BCUT2D eigenvalue weighted by molar-refractivity contribution is -0.137. The van der Waals surface area contributed by atoms with Gasteiger partial charge in [0.2, 0.25) is 21.8 Å². The first-order valence-electron chi connectivity index (χ1n) is 13.4. The number of nitrogens with zero attached hydrogens (tertiary/aromatic N) is 3. The summed E-state index contributed by atoms with van der Waals surface area (Å²) >= 11 is 0. The second-order valence-electron chi connectivity index (χ2n) is 9.87. The van der Waals surface area contributed by atoms with E-state index in [1.54, 1.807) is 23.1 Å². The Balaban J connectivity index is 1.81. The predicted octanol–water partition coefficient (Wildman–Crippen LogP) is 3.84. The molecule has 0 unspecified atom stereocenters. The van der Waals surface area contributed by atoms with Crippen LogP contribution in [-0.2, 0) is 30.9 Å². The van der Waals surface area contributed by atoms with Gasteiger partial charge in [0.1, 0.15) is 0 Å². The van der Waals surface area contributed by atoms with E-state index in [0.29, 0.717) is 38.9 Å². The maximum absolute atomic E-state index is 13.8. The van der Waals surface area contributed by atoms with Crippen LogP contribution in [0.3, 0.4) is 0 Å². The van der Waals surface area contributed by atoms with Crippen LogP contribution >= 0.6 is 0 Å². The molecule has 0 spiro atoms. The monoisotopic (exact) mass is 543 g/mol. The number of unbranched alkanes of at least 4 members (excludes halogenated alkanes) is 1. The van der Waals surface area contributed by atoms with Crippen molar-refractivity contribution in [3.63, 3.8) is 0 Å². The summed E-state index contributed by atoms with van der Waals surface area (Å²) < 4.78 is 33.2. The quantitative estimate of drug-likeness (QED) is 0.383. The van der Waals surface area contributed by atoms with Crippen molar-refractivity contribution in [2.45, 2.75) is 63.4 Å². The average Bonchev–Trinajstić information content (AvgIpc) is 2.94. The topological polar surface area (TPSA) is 87.2 Å². The highest BCUT2D eigenvalue weighted by atomic mass is 32.2. The second-order valence-corrected chi connectivity index (χ2v) is 11.8. The van der Waals surface area contributed by atoms with Crippen molar-refractivity contribution in [3.8, 4) is 0 Å². The largest absolute Gasteiger partial charge is 0.383 e. The molecule has 0 atom stereocenters. The first kappa shape index (κ1) is 29.8. The zero-order valence-corrected chi connectivity index (χ0v) is 23.7. The number of likely N-dealkylation sites (tertiary alicyclic amines) is 1. The number of hydrogen-bond donors (Lipinski definition) is 0. The van der Waals surface area contributed by atoms with Gasteiger partial charge >= 0.3 is 0 Å². The van der Waals surface area contributed by atoms with E-state index < -0.39 is 10.0 Å². The fraction of sp³-hybridized carbons (Fsp3) is 0.517. The number of sulfonamides is 1. The summed E-state index contributed by atoms with van der Waals surface area (Å²) in [6.45, 7) is 5.64. The standard InChI is InChI=1S/C29H41N3O5S/c1-4-5-11-28(33)30-18-16-26(17-19-30)32(22-25-14-12-24(2)13-15-25)29(34)23-31(20-21-37-3)38(35,36)27-9-7-6-8-10-27/h6-10,12-15,26H,4-5,11,16-23H2,1-3H3. The molecule has 1 heterocycles. The van der Waals surface area contributed by atoms with Crippen LogP contribution < -0.4 is 0 Å². The Bertz CT molecular complexity index is 1130. The predicted molar refractivity (Wildman–Crippen MR) is 148 cm³/mol. The van der Waals surface area contributed by atoms with Crippen molar-refractivity contribution in [1.29, 1.82) is 0 Å². The number of piperidine rings is 1. The Labute approximate surface area is 227 Å².